The molecule has 0 fully saturated rings. The van der Waals surface area contributed by atoms with Crippen molar-refractivity contribution < 1.29 is 13.9 Å². The molecule has 3 rings (SSSR count). The van der Waals surface area contributed by atoms with E-state index in [1.165, 1.54) is 6.07 Å². The zero-order chi connectivity index (χ0) is 19.1. The van der Waals surface area contributed by atoms with E-state index in [0.29, 0.717) is 17.9 Å². The van der Waals surface area contributed by atoms with Crippen molar-refractivity contribution >= 4 is 5.91 Å². The molecule has 0 aliphatic heterocycles. The number of aryl methyl sites for hydroxylation is 1. The summed E-state index contributed by atoms with van der Waals surface area (Å²) >= 11 is 0. The number of carbonyl (C=O) groups is 1. The van der Waals surface area contributed by atoms with Gasteiger partial charge < -0.3 is 10.1 Å². The van der Waals surface area contributed by atoms with Crippen LogP contribution < -0.4 is 10.1 Å². The summed E-state index contributed by atoms with van der Waals surface area (Å²) in [5.74, 6) is 0.132. The van der Waals surface area contributed by atoms with Gasteiger partial charge in [-0.3, -0.25) is 9.78 Å². The number of ether oxygens (including phenoxy) is 1. The van der Waals surface area contributed by atoms with E-state index < -0.39 is 5.82 Å². The second-order valence-electron chi connectivity index (χ2n) is 6.15. The van der Waals surface area contributed by atoms with E-state index >= 15 is 0 Å². The van der Waals surface area contributed by atoms with Gasteiger partial charge in [0.1, 0.15) is 5.75 Å². The van der Waals surface area contributed by atoms with E-state index in [9.17, 15) is 9.18 Å². The molecule has 1 amide bonds. The van der Waals surface area contributed by atoms with Crippen molar-refractivity contribution in [3.63, 3.8) is 0 Å². The van der Waals surface area contributed by atoms with Gasteiger partial charge in [-0.15, -0.1) is 0 Å². The maximum absolute atomic E-state index is 13.6. The normalized spacial score (nSPS) is 10.4. The average Bonchev–Trinajstić information content (AvgIpc) is 2.70. The lowest BCUT2D eigenvalue weighted by atomic mass is 10.2. The Labute approximate surface area is 158 Å². The predicted molar refractivity (Wildman–Crippen MR) is 102 cm³/mol. The molecule has 0 spiro atoms. The van der Waals surface area contributed by atoms with Crippen LogP contribution in [0.3, 0.4) is 0 Å². The maximum atomic E-state index is 13.6. The fraction of sp³-hybridized carbons (Fsp3) is 0.182. The van der Waals surface area contributed by atoms with Crippen LogP contribution in [0, 0.1) is 5.82 Å². The van der Waals surface area contributed by atoms with Crippen molar-refractivity contribution in [2.24, 2.45) is 0 Å². The number of nitrogens with one attached hydrogen (secondary N) is 1. The summed E-state index contributed by atoms with van der Waals surface area (Å²) < 4.78 is 19.1. The summed E-state index contributed by atoms with van der Waals surface area (Å²) in [7, 11) is 0. The molecule has 0 unspecified atom stereocenters. The number of rotatable bonds is 7. The molecular formula is C22H21FN2O2. The number of pyridine rings is 1. The van der Waals surface area contributed by atoms with Crippen molar-refractivity contribution in [2.45, 2.75) is 26.3 Å². The molecule has 2 aromatic carbocycles. The molecular weight excluding hydrogens is 343 g/mol. The van der Waals surface area contributed by atoms with E-state index in [2.05, 4.69) is 17.2 Å². The van der Waals surface area contributed by atoms with Gasteiger partial charge in [-0.05, 0) is 48.4 Å². The standard InChI is InChI=1S/C22H21FN2O2/c1-2-5-18-11-10-17(15-24-18)22(26)25-14-16-8-12-19(13-9-16)27-21-7-4-3-6-20(21)23/h3-4,6-13,15H,2,5,14H2,1H3,(H,25,26). The maximum Gasteiger partial charge on any atom is 0.253 e. The summed E-state index contributed by atoms with van der Waals surface area (Å²) in [4.78, 5) is 16.5. The van der Waals surface area contributed by atoms with Gasteiger partial charge in [0.2, 0.25) is 0 Å². The van der Waals surface area contributed by atoms with Gasteiger partial charge in [-0.1, -0.05) is 37.6 Å². The molecule has 4 nitrogen and oxygen atoms in total. The molecule has 0 saturated carbocycles. The fourth-order valence-electron chi connectivity index (χ4n) is 2.58. The van der Waals surface area contributed by atoms with Crippen LogP contribution in [-0.2, 0) is 13.0 Å². The first-order valence-electron chi connectivity index (χ1n) is 8.90. The molecule has 1 aromatic heterocycles. The molecule has 1 heterocycles. The van der Waals surface area contributed by atoms with Gasteiger partial charge in [0, 0.05) is 18.4 Å². The summed E-state index contributed by atoms with van der Waals surface area (Å²) in [5.41, 5.74) is 2.44. The molecule has 1 N–H and O–H groups in total. The Kier molecular flexibility index (Phi) is 6.15. The summed E-state index contributed by atoms with van der Waals surface area (Å²) in [6.45, 7) is 2.48. The minimum Gasteiger partial charge on any atom is -0.454 e. The highest BCUT2D eigenvalue weighted by Gasteiger charge is 2.07. The van der Waals surface area contributed by atoms with E-state index in [-0.39, 0.29) is 11.7 Å². The minimum atomic E-state index is -0.410. The number of para-hydroxylation sites is 1. The molecule has 3 aromatic rings. The first-order chi connectivity index (χ1) is 13.2. The van der Waals surface area contributed by atoms with Crippen LogP contribution in [0.5, 0.6) is 11.5 Å². The molecule has 0 atom stereocenters. The topological polar surface area (TPSA) is 51.2 Å². The van der Waals surface area contributed by atoms with Crippen molar-refractivity contribution in [1.82, 2.24) is 10.3 Å². The third-order valence-electron chi connectivity index (χ3n) is 4.03. The molecule has 0 aliphatic rings. The van der Waals surface area contributed by atoms with Crippen molar-refractivity contribution in [3.8, 4) is 11.5 Å². The Balaban J connectivity index is 1.55. The summed E-state index contributed by atoms with van der Waals surface area (Å²) in [5, 5.41) is 2.87. The van der Waals surface area contributed by atoms with Gasteiger partial charge in [-0.25, -0.2) is 4.39 Å². The van der Waals surface area contributed by atoms with Crippen molar-refractivity contribution in [3.05, 3.63) is 89.5 Å². The van der Waals surface area contributed by atoms with Crippen LogP contribution in [0.25, 0.3) is 0 Å². The number of carbonyl (C=O) groups excluding carboxylic acids is 1. The Hall–Kier alpha value is -3.21. The third kappa shape index (κ3) is 5.14. The van der Waals surface area contributed by atoms with E-state index in [4.69, 9.17) is 4.74 Å². The summed E-state index contributed by atoms with van der Waals surface area (Å²) in [6, 6.07) is 17.1. The SMILES string of the molecule is CCCc1ccc(C(=O)NCc2ccc(Oc3ccccc3F)cc2)cn1. The highest BCUT2D eigenvalue weighted by molar-refractivity contribution is 5.93. The zero-order valence-corrected chi connectivity index (χ0v) is 15.1. The molecule has 0 radical (unpaired) electrons. The molecule has 0 aliphatic carbocycles. The van der Waals surface area contributed by atoms with E-state index in [1.54, 1.807) is 42.6 Å². The van der Waals surface area contributed by atoms with Crippen LogP contribution in [0.4, 0.5) is 4.39 Å². The smallest absolute Gasteiger partial charge is 0.253 e. The van der Waals surface area contributed by atoms with Gasteiger partial charge >= 0.3 is 0 Å². The number of benzene rings is 2. The number of aromatic nitrogens is 1. The van der Waals surface area contributed by atoms with Crippen molar-refractivity contribution in [2.75, 3.05) is 0 Å². The van der Waals surface area contributed by atoms with Crippen LogP contribution in [0.15, 0.2) is 66.9 Å². The largest absolute Gasteiger partial charge is 0.454 e. The summed E-state index contributed by atoms with van der Waals surface area (Å²) in [6.07, 6.45) is 3.53. The van der Waals surface area contributed by atoms with E-state index in [0.717, 1.165) is 24.1 Å². The fourth-order valence-corrected chi connectivity index (χ4v) is 2.58. The number of hydrogen-bond acceptors (Lipinski definition) is 3. The van der Waals surface area contributed by atoms with Gasteiger partial charge in [0.15, 0.2) is 11.6 Å². The Morgan fingerprint density at radius 2 is 1.85 bits per heavy atom. The number of hydrogen-bond donors (Lipinski definition) is 1. The molecule has 0 bridgehead atoms. The van der Waals surface area contributed by atoms with Gasteiger partial charge in [-0.2, -0.15) is 0 Å². The van der Waals surface area contributed by atoms with Crippen LogP contribution in [0.2, 0.25) is 0 Å². The molecule has 0 saturated heterocycles. The number of nitrogens with zero attached hydrogens (tertiary/aromatic N) is 1. The lowest BCUT2D eigenvalue weighted by Crippen LogP contribution is -2.22. The zero-order valence-electron chi connectivity index (χ0n) is 15.1. The third-order valence-corrected chi connectivity index (χ3v) is 4.03. The van der Waals surface area contributed by atoms with Crippen molar-refractivity contribution in [1.29, 1.82) is 0 Å². The van der Waals surface area contributed by atoms with Crippen LogP contribution in [-0.4, -0.2) is 10.9 Å². The Morgan fingerprint density at radius 3 is 2.52 bits per heavy atom. The number of halogens is 1. The lowest BCUT2D eigenvalue weighted by Gasteiger charge is -2.09. The quantitative estimate of drug-likeness (QED) is 0.649. The highest BCUT2D eigenvalue weighted by atomic mass is 19.1. The first-order valence-corrected chi connectivity index (χ1v) is 8.90. The lowest BCUT2D eigenvalue weighted by molar-refractivity contribution is 0.0950. The van der Waals surface area contributed by atoms with Crippen LogP contribution >= 0.6 is 0 Å². The first kappa shape index (κ1) is 18.6. The molecule has 138 valence electrons. The highest BCUT2D eigenvalue weighted by Crippen LogP contribution is 2.24. The molecule has 5 heteroatoms. The van der Waals surface area contributed by atoms with Crippen LogP contribution in [0.1, 0.15) is 35.0 Å². The predicted octanol–water partition coefficient (Wildman–Crippen LogP) is 4.90. The van der Waals surface area contributed by atoms with Gasteiger partial charge in [0.25, 0.3) is 5.91 Å². The second kappa shape index (κ2) is 8.94. The minimum absolute atomic E-state index is 0.169. The number of amides is 1. The Bertz CT molecular complexity index is 893. The van der Waals surface area contributed by atoms with Gasteiger partial charge in [0.05, 0.1) is 5.56 Å². The second-order valence-corrected chi connectivity index (χ2v) is 6.15. The monoisotopic (exact) mass is 364 g/mol. The average molecular weight is 364 g/mol. The van der Waals surface area contributed by atoms with E-state index in [1.807, 2.05) is 18.2 Å². The molecule has 27 heavy (non-hydrogen) atoms. The Morgan fingerprint density at radius 1 is 1.07 bits per heavy atom.